The summed E-state index contributed by atoms with van der Waals surface area (Å²) < 4.78 is 0. The Morgan fingerprint density at radius 3 is 0.579 bits per heavy atom. The molecular weight excluding hydrogens is 456 g/mol. The van der Waals surface area contributed by atoms with Gasteiger partial charge in [-0.15, -0.1) is 0 Å². The molecule has 0 aliphatic heterocycles. The van der Waals surface area contributed by atoms with Gasteiger partial charge in [-0.1, -0.05) is 192 Å². The van der Waals surface area contributed by atoms with Crippen molar-refractivity contribution in [3.05, 3.63) is 24.3 Å². The molecule has 0 rings (SSSR count). The second-order valence-electron chi connectivity index (χ2n) is 12.3. The van der Waals surface area contributed by atoms with E-state index in [0.29, 0.717) is 0 Å². The van der Waals surface area contributed by atoms with E-state index in [2.05, 4.69) is 38.2 Å². The number of allylic oxidation sites excluding steroid dienone is 4. The number of hydrogen-bond acceptors (Lipinski definition) is 0. The van der Waals surface area contributed by atoms with Gasteiger partial charge in [0.05, 0.1) is 0 Å². The van der Waals surface area contributed by atoms with Crippen molar-refractivity contribution in [3.63, 3.8) is 0 Å². The highest BCUT2D eigenvalue weighted by Gasteiger charge is 1.95. The molecule has 0 aliphatic rings. The van der Waals surface area contributed by atoms with Crippen LogP contribution in [0.1, 0.15) is 219 Å². The standard InChI is InChI=1S/C38H74/c1-3-5-7-9-11-13-15-17-19-21-23-25-27-29-31-33-35-37-38-36-34-32-30-28-26-24-22-20-18-16-14-12-10-8-6-4-2/h29,31-32,34H,3-28,30,33,35-38H2,1-2H3. The molecule has 38 heavy (non-hydrogen) atoms. The van der Waals surface area contributed by atoms with Crippen LogP contribution in [0.2, 0.25) is 0 Å². The number of hydrogen-bond donors (Lipinski definition) is 0. The van der Waals surface area contributed by atoms with Crippen molar-refractivity contribution in [2.75, 3.05) is 0 Å². The Labute approximate surface area is 243 Å². The van der Waals surface area contributed by atoms with Gasteiger partial charge in [0, 0.05) is 0 Å². The maximum absolute atomic E-state index is 2.45. The largest absolute Gasteiger partial charge is 0.0885 e. The second kappa shape index (κ2) is 36.5. The van der Waals surface area contributed by atoms with Crippen LogP contribution in [0.5, 0.6) is 0 Å². The quantitative estimate of drug-likeness (QED) is 0.0584. The van der Waals surface area contributed by atoms with Gasteiger partial charge < -0.3 is 0 Å². The third-order valence-corrected chi connectivity index (χ3v) is 8.27. The van der Waals surface area contributed by atoms with Crippen molar-refractivity contribution in [1.29, 1.82) is 0 Å². The Bertz CT molecular complexity index is 445. The molecular formula is C38H74. The van der Waals surface area contributed by atoms with Gasteiger partial charge in [0.15, 0.2) is 0 Å². The minimum absolute atomic E-state index is 1.29. The highest BCUT2D eigenvalue weighted by Crippen LogP contribution is 2.14. The fourth-order valence-corrected chi connectivity index (χ4v) is 5.56. The zero-order chi connectivity index (χ0) is 27.5. The van der Waals surface area contributed by atoms with E-state index in [1.165, 1.54) is 205 Å². The number of rotatable bonds is 33. The normalized spacial score (nSPS) is 11.9. The van der Waals surface area contributed by atoms with Crippen LogP contribution < -0.4 is 0 Å². The lowest BCUT2D eigenvalue weighted by Gasteiger charge is -2.02. The van der Waals surface area contributed by atoms with Gasteiger partial charge in [-0.3, -0.25) is 0 Å². The van der Waals surface area contributed by atoms with E-state index >= 15 is 0 Å². The highest BCUT2D eigenvalue weighted by atomic mass is 14.0. The fraction of sp³-hybridized carbons (Fsp3) is 0.895. The van der Waals surface area contributed by atoms with Crippen LogP contribution in [0.3, 0.4) is 0 Å². The van der Waals surface area contributed by atoms with E-state index in [9.17, 15) is 0 Å². The van der Waals surface area contributed by atoms with Gasteiger partial charge in [-0.2, -0.15) is 0 Å². The maximum atomic E-state index is 2.45. The van der Waals surface area contributed by atoms with E-state index in [1.54, 1.807) is 0 Å². The summed E-state index contributed by atoms with van der Waals surface area (Å²) in [4.78, 5) is 0. The van der Waals surface area contributed by atoms with Crippen molar-refractivity contribution in [2.24, 2.45) is 0 Å². The highest BCUT2D eigenvalue weighted by molar-refractivity contribution is 4.83. The van der Waals surface area contributed by atoms with Crippen molar-refractivity contribution >= 4 is 0 Å². The molecule has 0 spiro atoms. The van der Waals surface area contributed by atoms with Crippen LogP contribution >= 0.6 is 0 Å². The van der Waals surface area contributed by atoms with Crippen LogP contribution in [0, 0.1) is 0 Å². The summed E-state index contributed by atoms with van der Waals surface area (Å²) in [6.07, 6.45) is 55.4. The first kappa shape index (κ1) is 37.5. The minimum atomic E-state index is 1.29. The van der Waals surface area contributed by atoms with Gasteiger partial charge in [-0.05, 0) is 51.4 Å². The first-order chi connectivity index (χ1) is 18.9. The van der Waals surface area contributed by atoms with Crippen molar-refractivity contribution in [3.8, 4) is 0 Å². The van der Waals surface area contributed by atoms with Gasteiger partial charge in [0.1, 0.15) is 0 Å². The Hall–Kier alpha value is -0.520. The summed E-state index contributed by atoms with van der Waals surface area (Å²) in [5.74, 6) is 0. The maximum Gasteiger partial charge on any atom is -0.0351 e. The summed E-state index contributed by atoms with van der Waals surface area (Å²) in [6.45, 7) is 4.61. The van der Waals surface area contributed by atoms with E-state index in [-0.39, 0.29) is 0 Å². The second-order valence-corrected chi connectivity index (χ2v) is 12.3. The summed E-state index contributed by atoms with van der Waals surface area (Å²) >= 11 is 0. The molecule has 0 saturated carbocycles. The zero-order valence-electron chi connectivity index (χ0n) is 26.9. The van der Waals surface area contributed by atoms with E-state index < -0.39 is 0 Å². The van der Waals surface area contributed by atoms with Crippen LogP contribution in [0.25, 0.3) is 0 Å². The summed E-state index contributed by atoms with van der Waals surface area (Å²) in [5, 5.41) is 0. The van der Waals surface area contributed by atoms with Gasteiger partial charge in [0.2, 0.25) is 0 Å². The molecule has 0 aromatic heterocycles. The molecule has 0 radical (unpaired) electrons. The first-order valence-corrected chi connectivity index (χ1v) is 18.2. The lowest BCUT2D eigenvalue weighted by molar-refractivity contribution is 0.540. The molecule has 0 aliphatic carbocycles. The third-order valence-electron chi connectivity index (χ3n) is 8.27. The Morgan fingerprint density at radius 2 is 0.368 bits per heavy atom. The molecule has 0 heterocycles. The predicted octanol–water partition coefficient (Wildman–Crippen LogP) is 14.6. The molecule has 0 aromatic rings. The Kier molecular flexibility index (Phi) is 36.0. The first-order valence-electron chi connectivity index (χ1n) is 18.2. The third kappa shape index (κ3) is 35.5. The van der Waals surface area contributed by atoms with Gasteiger partial charge in [0.25, 0.3) is 0 Å². The van der Waals surface area contributed by atoms with Crippen LogP contribution in [-0.4, -0.2) is 0 Å². The van der Waals surface area contributed by atoms with E-state index in [4.69, 9.17) is 0 Å². The van der Waals surface area contributed by atoms with Crippen molar-refractivity contribution in [1.82, 2.24) is 0 Å². The monoisotopic (exact) mass is 531 g/mol. The van der Waals surface area contributed by atoms with Gasteiger partial charge in [-0.25, -0.2) is 0 Å². The van der Waals surface area contributed by atoms with Crippen LogP contribution in [0.15, 0.2) is 24.3 Å². The molecule has 0 fully saturated rings. The predicted molar refractivity (Wildman–Crippen MR) is 177 cm³/mol. The smallest absolute Gasteiger partial charge is 0.0351 e. The van der Waals surface area contributed by atoms with Crippen LogP contribution in [-0.2, 0) is 0 Å². The summed E-state index contributed by atoms with van der Waals surface area (Å²) in [5.41, 5.74) is 0. The molecule has 0 atom stereocenters. The molecule has 0 nitrogen and oxygen atoms in total. The van der Waals surface area contributed by atoms with Crippen molar-refractivity contribution in [2.45, 2.75) is 219 Å². The molecule has 0 heteroatoms. The van der Waals surface area contributed by atoms with E-state index in [1.807, 2.05) is 0 Å². The summed E-state index contributed by atoms with van der Waals surface area (Å²) in [6, 6.07) is 0. The molecule has 0 saturated heterocycles. The Balaban J connectivity index is 3.14. The minimum Gasteiger partial charge on any atom is -0.0885 e. The van der Waals surface area contributed by atoms with Crippen molar-refractivity contribution < 1.29 is 0 Å². The molecule has 0 N–H and O–H groups in total. The molecule has 0 amide bonds. The SMILES string of the molecule is CCCCCCCCCCCCCCC=CCCCCCC=CCCCCCCCCCCCCCCC. The van der Waals surface area contributed by atoms with E-state index in [0.717, 1.165) is 0 Å². The summed E-state index contributed by atoms with van der Waals surface area (Å²) in [7, 11) is 0. The Morgan fingerprint density at radius 1 is 0.211 bits per heavy atom. The number of unbranched alkanes of at least 4 members (excludes halogenated alkanes) is 29. The lowest BCUT2D eigenvalue weighted by Crippen LogP contribution is -1.82. The average Bonchev–Trinajstić information content (AvgIpc) is 2.93. The van der Waals surface area contributed by atoms with Crippen LogP contribution in [0.4, 0.5) is 0 Å². The fourth-order valence-electron chi connectivity index (χ4n) is 5.56. The molecule has 0 aromatic carbocycles. The van der Waals surface area contributed by atoms with Gasteiger partial charge >= 0.3 is 0 Å². The zero-order valence-corrected chi connectivity index (χ0v) is 26.9. The topological polar surface area (TPSA) is 0 Å². The molecule has 0 bridgehead atoms. The average molecular weight is 531 g/mol. The molecule has 226 valence electrons. The lowest BCUT2D eigenvalue weighted by atomic mass is 10.0. The molecule has 0 unspecified atom stereocenters.